The molecule has 0 aromatic heterocycles. The standard InChI is InChI=1S/C21H18Br2N2O4/c1-3-8-29-18-7-5-15(23)10-13(18)11-16-19(26)24-21(28)25(20(16)27)17-6-4-14(22)9-12(17)2/h4-7,9-11H,3,8H2,1-2H3,(H,24,26,28)/b16-11-. The van der Waals surface area contributed by atoms with Crippen molar-refractivity contribution in [3.63, 3.8) is 0 Å². The molecule has 0 spiro atoms. The van der Waals surface area contributed by atoms with Gasteiger partial charge >= 0.3 is 6.03 Å². The van der Waals surface area contributed by atoms with E-state index in [2.05, 4.69) is 37.2 Å². The van der Waals surface area contributed by atoms with Gasteiger partial charge in [0.15, 0.2) is 0 Å². The zero-order chi connectivity index (χ0) is 21.1. The van der Waals surface area contributed by atoms with E-state index >= 15 is 0 Å². The monoisotopic (exact) mass is 520 g/mol. The highest BCUT2D eigenvalue weighted by Gasteiger charge is 2.37. The lowest BCUT2D eigenvalue weighted by Gasteiger charge is -2.27. The Balaban J connectivity index is 2.05. The third kappa shape index (κ3) is 4.59. The van der Waals surface area contributed by atoms with E-state index < -0.39 is 17.8 Å². The number of imide groups is 2. The third-order valence-electron chi connectivity index (χ3n) is 4.23. The first-order valence-electron chi connectivity index (χ1n) is 8.91. The minimum Gasteiger partial charge on any atom is -0.493 e. The van der Waals surface area contributed by atoms with Gasteiger partial charge in [0.2, 0.25) is 0 Å². The van der Waals surface area contributed by atoms with Crippen molar-refractivity contribution in [3.05, 3.63) is 62.0 Å². The molecule has 0 bridgehead atoms. The lowest BCUT2D eigenvalue weighted by Crippen LogP contribution is -2.54. The molecule has 4 amide bonds. The number of nitrogens with one attached hydrogen (secondary N) is 1. The number of hydrogen-bond donors (Lipinski definition) is 1. The Morgan fingerprint density at radius 3 is 2.45 bits per heavy atom. The number of barbiturate groups is 1. The van der Waals surface area contributed by atoms with Crippen LogP contribution in [0, 0.1) is 6.92 Å². The number of amides is 4. The number of ether oxygens (including phenoxy) is 1. The van der Waals surface area contributed by atoms with E-state index in [1.807, 2.05) is 13.0 Å². The number of benzene rings is 2. The van der Waals surface area contributed by atoms with Crippen LogP contribution < -0.4 is 15.0 Å². The second kappa shape index (κ2) is 8.92. The molecule has 0 atom stereocenters. The van der Waals surface area contributed by atoms with Crippen LogP contribution in [0.4, 0.5) is 10.5 Å². The van der Waals surface area contributed by atoms with Gasteiger partial charge in [-0.2, -0.15) is 0 Å². The first kappa shape index (κ1) is 21.3. The maximum atomic E-state index is 13.1. The summed E-state index contributed by atoms with van der Waals surface area (Å²) < 4.78 is 7.32. The minimum absolute atomic E-state index is 0.147. The molecule has 29 heavy (non-hydrogen) atoms. The van der Waals surface area contributed by atoms with Gasteiger partial charge < -0.3 is 4.74 Å². The van der Waals surface area contributed by atoms with E-state index in [0.29, 0.717) is 29.2 Å². The van der Waals surface area contributed by atoms with Crippen molar-refractivity contribution in [2.75, 3.05) is 11.5 Å². The predicted molar refractivity (Wildman–Crippen MR) is 118 cm³/mol. The Morgan fingerprint density at radius 2 is 1.76 bits per heavy atom. The van der Waals surface area contributed by atoms with Crippen molar-refractivity contribution in [2.45, 2.75) is 20.3 Å². The fourth-order valence-corrected chi connectivity index (χ4v) is 3.73. The van der Waals surface area contributed by atoms with Gasteiger partial charge in [0.05, 0.1) is 12.3 Å². The van der Waals surface area contributed by atoms with E-state index in [0.717, 1.165) is 20.3 Å². The molecule has 6 nitrogen and oxygen atoms in total. The van der Waals surface area contributed by atoms with Gasteiger partial charge in [0.1, 0.15) is 11.3 Å². The van der Waals surface area contributed by atoms with Crippen molar-refractivity contribution in [2.24, 2.45) is 0 Å². The fourth-order valence-electron chi connectivity index (χ4n) is 2.88. The summed E-state index contributed by atoms with van der Waals surface area (Å²) in [6.45, 7) is 4.27. The quantitative estimate of drug-likeness (QED) is 0.445. The summed E-state index contributed by atoms with van der Waals surface area (Å²) in [6, 6.07) is 9.73. The van der Waals surface area contributed by atoms with Crippen LogP contribution >= 0.6 is 31.9 Å². The van der Waals surface area contributed by atoms with Crippen molar-refractivity contribution in [3.8, 4) is 5.75 Å². The van der Waals surface area contributed by atoms with E-state index in [1.165, 1.54) is 6.08 Å². The van der Waals surface area contributed by atoms with Crippen LogP contribution in [0.3, 0.4) is 0 Å². The van der Waals surface area contributed by atoms with E-state index in [4.69, 9.17) is 4.74 Å². The largest absolute Gasteiger partial charge is 0.493 e. The Kier molecular flexibility index (Phi) is 6.54. The summed E-state index contributed by atoms with van der Waals surface area (Å²) in [5, 5.41) is 2.24. The number of hydrogen-bond acceptors (Lipinski definition) is 4. The molecule has 2 aromatic rings. The van der Waals surface area contributed by atoms with Gasteiger partial charge in [0.25, 0.3) is 11.8 Å². The molecular formula is C21H18Br2N2O4. The lowest BCUT2D eigenvalue weighted by atomic mass is 10.1. The van der Waals surface area contributed by atoms with Crippen molar-refractivity contribution in [1.82, 2.24) is 5.32 Å². The molecule has 1 heterocycles. The van der Waals surface area contributed by atoms with Crippen LogP contribution in [0.1, 0.15) is 24.5 Å². The zero-order valence-electron chi connectivity index (χ0n) is 15.8. The molecule has 1 fully saturated rings. The SMILES string of the molecule is CCCOc1ccc(Br)cc1/C=C1/C(=O)NC(=O)N(c2ccc(Br)cc2C)C1=O. The summed E-state index contributed by atoms with van der Waals surface area (Å²) in [5.41, 5.74) is 1.54. The minimum atomic E-state index is -0.778. The molecular weight excluding hydrogens is 504 g/mol. The molecule has 0 saturated carbocycles. The second-order valence-electron chi connectivity index (χ2n) is 6.42. The highest BCUT2D eigenvalue weighted by Crippen LogP contribution is 2.30. The lowest BCUT2D eigenvalue weighted by molar-refractivity contribution is -0.122. The van der Waals surface area contributed by atoms with Crippen LogP contribution in [-0.2, 0) is 9.59 Å². The maximum Gasteiger partial charge on any atom is 0.335 e. The molecule has 150 valence electrons. The first-order valence-corrected chi connectivity index (χ1v) is 10.5. The van der Waals surface area contributed by atoms with Gasteiger partial charge in [-0.05, 0) is 61.4 Å². The molecule has 3 rings (SSSR count). The summed E-state index contributed by atoms with van der Waals surface area (Å²) >= 11 is 6.76. The normalized spacial score (nSPS) is 15.7. The van der Waals surface area contributed by atoms with Crippen molar-refractivity contribution >= 4 is 61.5 Å². The molecule has 8 heteroatoms. The maximum absolute atomic E-state index is 13.1. The highest BCUT2D eigenvalue weighted by atomic mass is 79.9. The number of halogens is 2. The predicted octanol–water partition coefficient (Wildman–Crippen LogP) is 4.98. The fraction of sp³-hybridized carbons (Fsp3) is 0.190. The second-order valence-corrected chi connectivity index (χ2v) is 8.25. The van der Waals surface area contributed by atoms with Crippen LogP contribution in [0.2, 0.25) is 0 Å². The van der Waals surface area contributed by atoms with Crippen LogP contribution in [0.25, 0.3) is 6.08 Å². The molecule has 0 unspecified atom stereocenters. The molecule has 0 radical (unpaired) electrons. The molecule has 1 N–H and O–H groups in total. The third-order valence-corrected chi connectivity index (χ3v) is 5.22. The molecule has 1 aliphatic heterocycles. The summed E-state index contributed by atoms with van der Waals surface area (Å²) in [6.07, 6.45) is 2.26. The van der Waals surface area contributed by atoms with Gasteiger partial charge in [-0.3, -0.25) is 14.9 Å². The highest BCUT2D eigenvalue weighted by molar-refractivity contribution is 9.10. The summed E-state index contributed by atoms with van der Waals surface area (Å²) in [5.74, 6) is -0.885. The van der Waals surface area contributed by atoms with Crippen LogP contribution in [-0.4, -0.2) is 24.5 Å². The first-order chi connectivity index (χ1) is 13.8. The topological polar surface area (TPSA) is 75.7 Å². The van der Waals surface area contributed by atoms with Crippen molar-refractivity contribution in [1.29, 1.82) is 0 Å². The number of urea groups is 1. The van der Waals surface area contributed by atoms with Gasteiger partial charge in [-0.15, -0.1) is 0 Å². The number of rotatable bonds is 5. The van der Waals surface area contributed by atoms with Crippen LogP contribution in [0.15, 0.2) is 50.9 Å². The van der Waals surface area contributed by atoms with E-state index in [1.54, 1.807) is 37.3 Å². The number of carbonyl (C=O) groups excluding carboxylic acids is 3. The van der Waals surface area contributed by atoms with E-state index in [-0.39, 0.29) is 5.57 Å². The summed E-state index contributed by atoms with van der Waals surface area (Å²) in [4.78, 5) is 38.9. The Labute approximate surface area is 185 Å². The smallest absolute Gasteiger partial charge is 0.335 e. The summed E-state index contributed by atoms with van der Waals surface area (Å²) in [7, 11) is 0. The average Bonchev–Trinajstić information content (AvgIpc) is 2.66. The number of aryl methyl sites for hydroxylation is 1. The van der Waals surface area contributed by atoms with E-state index in [9.17, 15) is 14.4 Å². The molecule has 0 aliphatic carbocycles. The Bertz CT molecular complexity index is 1030. The van der Waals surface area contributed by atoms with Gasteiger partial charge in [-0.1, -0.05) is 38.8 Å². The Hall–Kier alpha value is -2.45. The van der Waals surface area contributed by atoms with Gasteiger partial charge in [0, 0.05) is 14.5 Å². The number of nitrogens with zero attached hydrogens (tertiary/aromatic N) is 1. The molecule has 2 aromatic carbocycles. The van der Waals surface area contributed by atoms with Gasteiger partial charge in [-0.25, -0.2) is 9.69 Å². The number of carbonyl (C=O) groups is 3. The molecule has 1 saturated heterocycles. The zero-order valence-corrected chi connectivity index (χ0v) is 19.0. The average molecular weight is 522 g/mol. The van der Waals surface area contributed by atoms with Crippen molar-refractivity contribution < 1.29 is 19.1 Å². The van der Waals surface area contributed by atoms with Crippen LogP contribution in [0.5, 0.6) is 5.75 Å². The number of anilines is 1. The molecule has 1 aliphatic rings. The Morgan fingerprint density at radius 1 is 1.07 bits per heavy atom.